The number of halogens is 1. The van der Waals surface area contributed by atoms with Crippen molar-refractivity contribution in [1.29, 1.82) is 0 Å². The zero-order valence-electron chi connectivity index (χ0n) is 12.4. The Morgan fingerprint density at radius 2 is 2.10 bits per heavy atom. The average molecular weight is 292 g/mol. The Labute approximate surface area is 124 Å². The largest absolute Gasteiger partial charge is 0.354 e. The summed E-state index contributed by atoms with van der Waals surface area (Å²) < 4.78 is 13.0. The lowest BCUT2D eigenvalue weighted by molar-refractivity contribution is -0.140. The molecule has 1 aromatic rings. The first-order chi connectivity index (χ1) is 10.0. The van der Waals surface area contributed by atoms with E-state index in [0.29, 0.717) is 19.5 Å². The quantitative estimate of drug-likeness (QED) is 0.927. The molecule has 0 saturated carbocycles. The maximum absolute atomic E-state index is 13.0. The van der Waals surface area contributed by atoms with Crippen molar-refractivity contribution < 1.29 is 14.0 Å². The molecule has 1 saturated heterocycles. The molecule has 0 spiro atoms. The van der Waals surface area contributed by atoms with E-state index in [-0.39, 0.29) is 23.5 Å². The first-order valence-corrected chi connectivity index (χ1v) is 7.38. The normalized spacial score (nSPS) is 20.6. The van der Waals surface area contributed by atoms with Gasteiger partial charge in [0.2, 0.25) is 11.8 Å². The first-order valence-electron chi connectivity index (χ1n) is 7.38. The highest BCUT2D eigenvalue weighted by atomic mass is 19.1. The van der Waals surface area contributed by atoms with Crippen molar-refractivity contribution >= 4 is 11.8 Å². The first kappa shape index (κ1) is 15.5. The number of carbonyl (C=O) groups is 2. The van der Waals surface area contributed by atoms with Crippen molar-refractivity contribution in [3.8, 4) is 0 Å². The van der Waals surface area contributed by atoms with E-state index >= 15 is 0 Å². The third-order valence-corrected chi connectivity index (χ3v) is 3.98. The van der Waals surface area contributed by atoms with E-state index < -0.39 is 6.04 Å². The highest BCUT2D eigenvalue weighted by molar-refractivity contribution is 5.90. The second kappa shape index (κ2) is 6.70. The fourth-order valence-corrected chi connectivity index (χ4v) is 2.69. The van der Waals surface area contributed by atoms with Crippen LogP contribution in [0.1, 0.15) is 38.2 Å². The third kappa shape index (κ3) is 3.40. The van der Waals surface area contributed by atoms with E-state index in [1.54, 1.807) is 24.0 Å². The Balaban J connectivity index is 2.22. The van der Waals surface area contributed by atoms with E-state index in [0.717, 1.165) is 12.0 Å². The summed E-state index contributed by atoms with van der Waals surface area (Å²) in [6.07, 6.45) is 1.37. The van der Waals surface area contributed by atoms with E-state index in [9.17, 15) is 14.0 Å². The second-order valence-electron chi connectivity index (χ2n) is 5.36. The molecule has 0 radical (unpaired) electrons. The van der Waals surface area contributed by atoms with E-state index in [4.69, 9.17) is 0 Å². The summed E-state index contributed by atoms with van der Waals surface area (Å²) in [5, 5.41) is 2.80. The molecular weight excluding hydrogens is 271 g/mol. The van der Waals surface area contributed by atoms with Crippen molar-refractivity contribution in [3.05, 3.63) is 35.6 Å². The van der Waals surface area contributed by atoms with E-state index in [1.165, 1.54) is 12.1 Å². The molecule has 1 N–H and O–H groups in total. The molecule has 0 bridgehead atoms. The van der Waals surface area contributed by atoms with Crippen LogP contribution in [0.4, 0.5) is 4.39 Å². The summed E-state index contributed by atoms with van der Waals surface area (Å²) in [4.78, 5) is 26.3. The number of hydrogen-bond acceptors (Lipinski definition) is 2. The summed E-state index contributed by atoms with van der Waals surface area (Å²) in [5.74, 6) is -0.828. The number of nitrogens with one attached hydrogen (secondary N) is 1. The topological polar surface area (TPSA) is 49.4 Å². The summed E-state index contributed by atoms with van der Waals surface area (Å²) in [5.41, 5.74) is 0.792. The van der Waals surface area contributed by atoms with Crippen molar-refractivity contribution in [2.24, 2.45) is 0 Å². The number of rotatable bonds is 3. The molecule has 1 heterocycles. The Morgan fingerprint density at radius 1 is 1.43 bits per heavy atom. The van der Waals surface area contributed by atoms with Gasteiger partial charge >= 0.3 is 0 Å². The standard InChI is InChI=1S/C16H21FN2O2/c1-3-14(12-5-7-13(17)8-6-12)16(21)19-10-4-9-18-15(20)11(19)2/h5-8,11,14H,3-4,9-10H2,1-2H3,(H,18,20)/t11-,14-/m1/s1. The van der Waals surface area contributed by atoms with Crippen LogP contribution in [0, 0.1) is 5.82 Å². The minimum Gasteiger partial charge on any atom is -0.354 e. The van der Waals surface area contributed by atoms with Crippen LogP contribution in [-0.2, 0) is 9.59 Å². The molecule has 5 heteroatoms. The van der Waals surface area contributed by atoms with Gasteiger partial charge in [0.15, 0.2) is 0 Å². The summed E-state index contributed by atoms with van der Waals surface area (Å²) in [6, 6.07) is 5.55. The van der Waals surface area contributed by atoms with Gasteiger partial charge < -0.3 is 10.2 Å². The van der Waals surface area contributed by atoms with Crippen LogP contribution in [0.2, 0.25) is 0 Å². The van der Waals surface area contributed by atoms with Gasteiger partial charge in [-0.3, -0.25) is 9.59 Å². The Kier molecular flexibility index (Phi) is 4.94. The molecule has 21 heavy (non-hydrogen) atoms. The molecule has 2 atom stereocenters. The second-order valence-corrected chi connectivity index (χ2v) is 5.36. The Hall–Kier alpha value is -1.91. The van der Waals surface area contributed by atoms with Crippen molar-refractivity contribution in [2.45, 2.75) is 38.6 Å². The van der Waals surface area contributed by atoms with Gasteiger partial charge in [0.25, 0.3) is 0 Å². The minimum absolute atomic E-state index is 0.0614. The highest BCUT2D eigenvalue weighted by Gasteiger charge is 2.32. The molecule has 0 aliphatic carbocycles. The molecule has 1 fully saturated rings. The van der Waals surface area contributed by atoms with E-state index in [2.05, 4.69) is 5.32 Å². The lowest BCUT2D eigenvalue weighted by atomic mass is 9.94. The molecule has 114 valence electrons. The van der Waals surface area contributed by atoms with Crippen molar-refractivity contribution in [3.63, 3.8) is 0 Å². The fourth-order valence-electron chi connectivity index (χ4n) is 2.69. The van der Waals surface area contributed by atoms with Gasteiger partial charge in [-0.25, -0.2) is 4.39 Å². The molecule has 2 amide bonds. The number of amides is 2. The van der Waals surface area contributed by atoms with Gasteiger partial charge in [-0.15, -0.1) is 0 Å². The molecule has 4 nitrogen and oxygen atoms in total. The average Bonchev–Trinajstić information content (AvgIpc) is 2.64. The number of hydrogen-bond donors (Lipinski definition) is 1. The van der Waals surface area contributed by atoms with Crippen molar-refractivity contribution in [1.82, 2.24) is 10.2 Å². The third-order valence-electron chi connectivity index (χ3n) is 3.98. The number of carbonyl (C=O) groups excluding carboxylic acids is 2. The van der Waals surface area contributed by atoms with Crippen LogP contribution in [0.5, 0.6) is 0 Å². The van der Waals surface area contributed by atoms with Crippen molar-refractivity contribution in [2.75, 3.05) is 13.1 Å². The number of benzene rings is 1. The zero-order chi connectivity index (χ0) is 15.4. The van der Waals surface area contributed by atoms with E-state index in [1.807, 2.05) is 6.92 Å². The van der Waals surface area contributed by atoms with Gasteiger partial charge in [-0.1, -0.05) is 19.1 Å². The lowest BCUT2D eigenvalue weighted by Crippen LogP contribution is -2.47. The van der Waals surface area contributed by atoms with Gasteiger partial charge in [-0.05, 0) is 37.5 Å². The van der Waals surface area contributed by atoms with Crippen LogP contribution < -0.4 is 5.32 Å². The summed E-state index contributed by atoms with van der Waals surface area (Å²) >= 11 is 0. The van der Waals surface area contributed by atoms with Gasteiger partial charge in [0.05, 0.1) is 5.92 Å². The lowest BCUT2D eigenvalue weighted by Gasteiger charge is -2.29. The maximum Gasteiger partial charge on any atom is 0.242 e. The SMILES string of the molecule is CC[C@@H](C(=O)N1CCCNC(=O)[C@H]1C)c1ccc(F)cc1. The van der Waals surface area contributed by atoms with Gasteiger partial charge in [0, 0.05) is 13.1 Å². The molecule has 0 unspecified atom stereocenters. The molecule has 1 aliphatic rings. The predicted octanol–water partition coefficient (Wildman–Crippen LogP) is 2.06. The Morgan fingerprint density at radius 3 is 2.71 bits per heavy atom. The highest BCUT2D eigenvalue weighted by Crippen LogP contribution is 2.24. The fraction of sp³-hybridized carbons (Fsp3) is 0.500. The predicted molar refractivity (Wildman–Crippen MR) is 78.2 cm³/mol. The van der Waals surface area contributed by atoms with Crippen LogP contribution in [0.25, 0.3) is 0 Å². The Bertz CT molecular complexity index is 516. The number of nitrogens with zero attached hydrogens (tertiary/aromatic N) is 1. The monoisotopic (exact) mass is 292 g/mol. The van der Waals surface area contributed by atoms with Crippen LogP contribution in [0.3, 0.4) is 0 Å². The smallest absolute Gasteiger partial charge is 0.242 e. The maximum atomic E-state index is 13.0. The van der Waals surface area contributed by atoms with Crippen LogP contribution in [-0.4, -0.2) is 35.8 Å². The summed E-state index contributed by atoms with van der Waals surface area (Å²) in [6.45, 7) is 4.83. The van der Waals surface area contributed by atoms with Gasteiger partial charge in [0.1, 0.15) is 11.9 Å². The van der Waals surface area contributed by atoms with Crippen LogP contribution >= 0.6 is 0 Å². The molecule has 1 aromatic carbocycles. The molecule has 2 rings (SSSR count). The minimum atomic E-state index is -0.463. The zero-order valence-corrected chi connectivity index (χ0v) is 12.4. The summed E-state index contributed by atoms with van der Waals surface area (Å²) in [7, 11) is 0. The molecule has 1 aliphatic heterocycles. The molecule has 0 aromatic heterocycles. The van der Waals surface area contributed by atoms with Crippen LogP contribution in [0.15, 0.2) is 24.3 Å². The van der Waals surface area contributed by atoms with Gasteiger partial charge in [-0.2, -0.15) is 0 Å². The molecular formula is C16H21FN2O2.